The number of amides is 1. The van der Waals surface area contributed by atoms with Crippen molar-refractivity contribution in [2.45, 2.75) is 5.16 Å². The van der Waals surface area contributed by atoms with Gasteiger partial charge < -0.3 is 15.9 Å². The molecule has 0 spiro atoms. The zero-order chi connectivity index (χ0) is 18.5. The highest BCUT2D eigenvalue weighted by Crippen LogP contribution is 2.27. The Labute approximate surface area is 158 Å². The van der Waals surface area contributed by atoms with Crippen molar-refractivity contribution >= 4 is 35.0 Å². The van der Waals surface area contributed by atoms with Crippen molar-refractivity contribution in [2.75, 3.05) is 24.0 Å². The number of carbonyl (C=O) groups is 1. The highest BCUT2D eigenvalue weighted by molar-refractivity contribution is 7.99. The van der Waals surface area contributed by atoms with Crippen LogP contribution in [0.2, 0.25) is 5.02 Å². The van der Waals surface area contributed by atoms with Crippen LogP contribution in [0.1, 0.15) is 0 Å². The van der Waals surface area contributed by atoms with Gasteiger partial charge in [0.1, 0.15) is 5.75 Å². The lowest BCUT2D eigenvalue weighted by molar-refractivity contribution is -0.113. The second-order valence-electron chi connectivity index (χ2n) is 5.10. The first-order valence-corrected chi connectivity index (χ1v) is 8.82. The predicted octanol–water partition coefficient (Wildman–Crippen LogP) is 2.45. The van der Waals surface area contributed by atoms with Gasteiger partial charge in [0.15, 0.2) is 5.82 Å². The summed E-state index contributed by atoms with van der Waals surface area (Å²) >= 11 is 7.22. The lowest BCUT2D eigenvalue weighted by Gasteiger charge is -2.08. The molecule has 0 aliphatic rings. The zero-order valence-corrected chi connectivity index (χ0v) is 15.3. The molecule has 0 radical (unpaired) electrons. The fraction of sp³-hybridized carbons (Fsp3) is 0.125. The molecule has 0 unspecified atom stereocenters. The van der Waals surface area contributed by atoms with E-state index in [1.807, 2.05) is 0 Å². The lowest BCUT2D eigenvalue weighted by atomic mass is 10.2. The summed E-state index contributed by atoms with van der Waals surface area (Å²) in [5, 5.41) is 11.7. The smallest absolute Gasteiger partial charge is 0.234 e. The number of aromatic nitrogens is 4. The summed E-state index contributed by atoms with van der Waals surface area (Å²) in [6.45, 7) is 0. The van der Waals surface area contributed by atoms with E-state index in [-0.39, 0.29) is 11.7 Å². The van der Waals surface area contributed by atoms with E-state index < -0.39 is 0 Å². The molecule has 3 aromatic rings. The van der Waals surface area contributed by atoms with Crippen LogP contribution in [0.25, 0.3) is 11.4 Å². The van der Waals surface area contributed by atoms with E-state index in [1.165, 1.54) is 23.5 Å². The SMILES string of the molecule is COc1ccc(NC(=O)CSc2nnc(-c3ccncc3)n2N)cc1Cl. The van der Waals surface area contributed by atoms with Gasteiger partial charge >= 0.3 is 0 Å². The molecule has 0 saturated heterocycles. The average Bonchev–Trinajstić information content (AvgIpc) is 3.01. The summed E-state index contributed by atoms with van der Waals surface area (Å²) in [6.07, 6.45) is 3.29. The standard InChI is InChI=1S/C16H15ClN6O2S/c1-25-13-3-2-11(8-12(13)17)20-14(24)9-26-16-22-21-15(23(16)18)10-4-6-19-7-5-10/h2-8H,9,18H2,1H3,(H,20,24). The summed E-state index contributed by atoms with van der Waals surface area (Å²) in [5.41, 5.74) is 1.37. The van der Waals surface area contributed by atoms with Crippen molar-refractivity contribution in [3.05, 3.63) is 47.7 Å². The van der Waals surface area contributed by atoms with Crippen molar-refractivity contribution in [3.8, 4) is 17.1 Å². The molecule has 1 amide bonds. The maximum absolute atomic E-state index is 12.1. The van der Waals surface area contributed by atoms with Gasteiger partial charge in [0.25, 0.3) is 0 Å². The van der Waals surface area contributed by atoms with Gasteiger partial charge in [-0.1, -0.05) is 23.4 Å². The van der Waals surface area contributed by atoms with E-state index in [0.717, 1.165) is 5.56 Å². The monoisotopic (exact) mass is 390 g/mol. The predicted molar refractivity (Wildman–Crippen MR) is 101 cm³/mol. The topological polar surface area (TPSA) is 108 Å². The van der Waals surface area contributed by atoms with E-state index in [2.05, 4.69) is 20.5 Å². The second kappa shape index (κ2) is 8.07. The van der Waals surface area contributed by atoms with Crippen LogP contribution < -0.4 is 15.9 Å². The van der Waals surface area contributed by atoms with Crippen LogP contribution in [0.5, 0.6) is 5.75 Å². The number of hydrogen-bond acceptors (Lipinski definition) is 7. The number of halogens is 1. The third kappa shape index (κ3) is 4.06. The summed E-state index contributed by atoms with van der Waals surface area (Å²) in [7, 11) is 1.53. The molecule has 8 nitrogen and oxygen atoms in total. The summed E-state index contributed by atoms with van der Waals surface area (Å²) < 4.78 is 6.42. The van der Waals surface area contributed by atoms with Crippen molar-refractivity contribution in [1.82, 2.24) is 19.9 Å². The third-order valence-electron chi connectivity index (χ3n) is 3.37. The van der Waals surface area contributed by atoms with E-state index in [9.17, 15) is 4.79 Å². The molecule has 3 rings (SSSR count). The molecule has 0 bridgehead atoms. The molecule has 2 aromatic heterocycles. The Morgan fingerprint density at radius 1 is 1.31 bits per heavy atom. The molecule has 0 aliphatic carbocycles. The molecule has 0 fully saturated rings. The number of nitrogens with two attached hydrogens (primary N) is 1. The second-order valence-corrected chi connectivity index (χ2v) is 6.45. The van der Waals surface area contributed by atoms with Crippen LogP contribution in [0, 0.1) is 0 Å². The van der Waals surface area contributed by atoms with Crippen LogP contribution in [-0.4, -0.2) is 38.6 Å². The van der Waals surface area contributed by atoms with Crippen molar-refractivity contribution in [2.24, 2.45) is 0 Å². The van der Waals surface area contributed by atoms with Gasteiger partial charge in [0.2, 0.25) is 11.1 Å². The fourth-order valence-corrected chi connectivity index (χ4v) is 3.06. The van der Waals surface area contributed by atoms with Crippen LogP contribution in [-0.2, 0) is 4.79 Å². The summed E-state index contributed by atoms with van der Waals surface area (Å²) in [5.74, 6) is 6.95. The van der Waals surface area contributed by atoms with E-state index in [0.29, 0.717) is 27.4 Å². The molecule has 0 aliphatic heterocycles. The Kier molecular flexibility index (Phi) is 5.59. The van der Waals surface area contributed by atoms with Gasteiger partial charge in [-0.2, -0.15) is 0 Å². The van der Waals surface area contributed by atoms with Crippen molar-refractivity contribution in [3.63, 3.8) is 0 Å². The Morgan fingerprint density at radius 2 is 2.08 bits per heavy atom. The van der Waals surface area contributed by atoms with E-state index in [4.69, 9.17) is 22.2 Å². The largest absolute Gasteiger partial charge is 0.495 e. The number of ether oxygens (including phenoxy) is 1. The summed E-state index contributed by atoms with van der Waals surface area (Å²) in [6, 6.07) is 8.57. The number of methoxy groups -OCH3 is 1. The highest BCUT2D eigenvalue weighted by atomic mass is 35.5. The van der Waals surface area contributed by atoms with Crippen molar-refractivity contribution in [1.29, 1.82) is 0 Å². The number of hydrogen-bond donors (Lipinski definition) is 2. The first-order chi connectivity index (χ1) is 12.6. The maximum Gasteiger partial charge on any atom is 0.234 e. The van der Waals surface area contributed by atoms with Gasteiger partial charge in [0.05, 0.1) is 17.9 Å². The van der Waals surface area contributed by atoms with Gasteiger partial charge in [-0.3, -0.25) is 9.78 Å². The number of nitrogen functional groups attached to an aromatic ring is 1. The number of pyridine rings is 1. The number of benzene rings is 1. The molecule has 26 heavy (non-hydrogen) atoms. The number of thioether (sulfide) groups is 1. The third-order valence-corrected chi connectivity index (χ3v) is 4.61. The first kappa shape index (κ1) is 18.0. The fourth-order valence-electron chi connectivity index (χ4n) is 2.14. The molecular formula is C16H15ClN6O2S. The number of rotatable bonds is 6. The minimum absolute atomic E-state index is 0.120. The van der Waals surface area contributed by atoms with Gasteiger partial charge in [-0.25, -0.2) is 4.68 Å². The molecule has 2 heterocycles. The molecule has 10 heteroatoms. The Morgan fingerprint density at radius 3 is 2.77 bits per heavy atom. The minimum atomic E-state index is -0.218. The maximum atomic E-state index is 12.1. The quantitative estimate of drug-likeness (QED) is 0.491. The van der Waals surface area contributed by atoms with E-state index in [1.54, 1.807) is 42.7 Å². The van der Waals surface area contributed by atoms with Crippen LogP contribution in [0.15, 0.2) is 47.9 Å². The number of carbonyl (C=O) groups excluding carboxylic acids is 1. The number of nitrogens with zero attached hydrogens (tertiary/aromatic N) is 4. The first-order valence-electron chi connectivity index (χ1n) is 7.45. The average molecular weight is 391 g/mol. The van der Waals surface area contributed by atoms with Crippen LogP contribution >= 0.6 is 23.4 Å². The minimum Gasteiger partial charge on any atom is -0.495 e. The van der Waals surface area contributed by atoms with Gasteiger partial charge in [-0.05, 0) is 30.3 Å². The number of anilines is 1. The molecule has 134 valence electrons. The summed E-state index contributed by atoms with van der Waals surface area (Å²) in [4.78, 5) is 16.1. The van der Waals surface area contributed by atoms with Crippen LogP contribution in [0.3, 0.4) is 0 Å². The number of nitrogens with one attached hydrogen (secondary N) is 1. The van der Waals surface area contributed by atoms with Crippen LogP contribution in [0.4, 0.5) is 5.69 Å². The van der Waals surface area contributed by atoms with E-state index >= 15 is 0 Å². The Hall–Kier alpha value is -2.78. The normalized spacial score (nSPS) is 10.5. The molecule has 0 saturated carbocycles. The molecule has 1 aromatic carbocycles. The molecule has 0 atom stereocenters. The Bertz CT molecular complexity index is 918. The molecule has 3 N–H and O–H groups in total. The molecular weight excluding hydrogens is 376 g/mol. The van der Waals surface area contributed by atoms with Gasteiger partial charge in [0, 0.05) is 23.6 Å². The van der Waals surface area contributed by atoms with Gasteiger partial charge in [-0.15, -0.1) is 10.2 Å². The highest BCUT2D eigenvalue weighted by Gasteiger charge is 2.14. The van der Waals surface area contributed by atoms with Crippen molar-refractivity contribution < 1.29 is 9.53 Å². The lowest BCUT2D eigenvalue weighted by Crippen LogP contribution is -2.16. The zero-order valence-electron chi connectivity index (χ0n) is 13.7. The Balaban J connectivity index is 1.62.